The summed E-state index contributed by atoms with van der Waals surface area (Å²) in [6, 6.07) is 7.48. The largest absolute Gasteiger partial charge is 0.698 e. The van der Waals surface area contributed by atoms with Crippen molar-refractivity contribution < 1.29 is 39.5 Å². The molecule has 26 heavy (non-hydrogen) atoms. The molecule has 0 atom stereocenters. The second kappa shape index (κ2) is 8.81. The number of aromatic nitrogens is 2. The van der Waals surface area contributed by atoms with Crippen LogP contribution in [0.2, 0.25) is 0 Å². The fourth-order valence-electron chi connectivity index (χ4n) is 2.45. The number of pyridine rings is 1. The van der Waals surface area contributed by atoms with E-state index in [1.165, 1.54) is 6.26 Å². The van der Waals surface area contributed by atoms with Crippen LogP contribution in [0.1, 0.15) is 5.01 Å². The molecule has 2 heterocycles. The molecule has 1 aromatic carbocycles. The minimum absolute atomic E-state index is 0. The first-order valence-corrected chi connectivity index (χ1v) is 10.7. The Hall–Kier alpha value is -0.978. The number of hydrogen-bond acceptors (Lipinski definition) is 6. The molecule has 3 rings (SSSR count). The van der Waals surface area contributed by atoms with E-state index in [-0.39, 0.29) is 36.9 Å². The molecular weight excluding hydrogens is 594 g/mol. The molecule has 0 bridgehead atoms. The number of thiazole rings is 1. The predicted molar refractivity (Wildman–Crippen MR) is 103 cm³/mol. The summed E-state index contributed by atoms with van der Waals surface area (Å²) in [5.41, 5.74) is 11.1. The molecule has 0 fully saturated rings. The normalized spacial score (nSPS) is 11.7. The maximum absolute atomic E-state index is 11.3. The zero-order valence-electron chi connectivity index (χ0n) is 14.6. The minimum Gasteiger partial charge on any atom is -0.698 e. The number of hydrogen-bond donors (Lipinski definition) is 0. The molecule has 136 valence electrons. The molecule has 0 amide bonds. The summed E-state index contributed by atoms with van der Waals surface area (Å²) < 4.78 is 22.5. The molecule has 0 unspecified atom stereocenters. The number of benzene rings is 1. The van der Waals surface area contributed by atoms with Gasteiger partial charge in [-0.05, 0) is 24.6 Å². The van der Waals surface area contributed by atoms with Crippen LogP contribution in [-0.2, 0) is 16.4 Å². The van der Waals surface area contributed by atoms with Gasteiger partial charge in [0.1, 0.15) is 14.8 Å². The molecule has 6 nitrogen and oxygen atoms in total. The first-order chi connectivity index (χ1) is 11.8. The molecule has 1 N–H and O–H groups in total. The number of nitrogens with one attached hydrogen (secondary N) is 1. The third-order valence-electron chi connectivity index (χ3n) is 3.84. The Morgan fingerprint density at radius 2 is 2.04 bits per heavy atom. The van der Waals surface area contributed by atoms with Gasteiger partial charge < -0.3 is 5.73 Å². The van der Waals surface area contributed by atoms with E-state index in [0.29, 0.717) is 18.8 Å². The predicted octanol–water partition coefficient (Wildman–Crippen LogP) is 3.52. The average Bonchev–Trinajstić information content (AvgIpc) is 3.01. The molecular formula is C17H19N4O2S2U-. The van der Waals surface area contributed by atoms with E-state index >= 15 is 0 Å². The van der Waals surface area contributed by atoms with Gasteiger partial charge in [0, 0.05) is 61.1 Å². The summed E-state index contributed by atoms with van der Waals surface area (Å²) in [5, 5.41) is 3.73. The number of nitrogens with zero attached hydrogens (tertiary/aromatic N) is 3. The van der Waals surface area contributed by atoms with Crippen LogP contribution >= 0.6 is 11.3 Å². The van der Waals surface area contributed by atoms with Gasteiger partial charge in [0.2, 0.25) is 0 Å². The van der Waals surface area contributed by atoms with Crippen LogP contribution in [0.5, 0.6) is 0 Å². The van der Waals surface area contributed by atoms with E-state index in [1.54, 1.807) is 23.6 Å². The van der Waals surface area contributed by atoms with Crippen molar-refractivity contribution in [2.75, 3.05) is 25.6 Å². The van der Waals surface area contributed by atoms with E-state index in [1.807, 2.05) is 35.5 Å². The van der Waals surface area contributed by atoms with Crippen LogP contribution in [0, 0.1) is 31.1 Å². The molecule has 0 aliphatic carbocycles. The summed E-state index contributed by atoms with van der Waals surface area (Å²) in [6.07, 6.45) is 2.88. The quantitative estimate of drug-likeness (QED) is 0.425. The first-order valence-electron chi connectivity index (χ1n) is 7.73. The van der Waals surface area contributed by atoms with Gasteiger partial charge in [0.05, 0.1) is 23.5 Å². The molecule has 0 aliphatic heterocycles. The van der Waals surface area contributed by atoms with Gasteiger partial charge in [-0.1, -0.05) is 12.1 Å². The van der Waals surface area contributed by atoms with E-state index in [4.69, 9.17) is 5.73 Å². The molecule has 0 spiro atoms. The second-order valence-corrected chi connectivity index (χ2v) is 9.29. The van der Waals surface area contributed by atoms with Crippen molar-refractivity contribution in [1.29, 1.82) is 0 Å². The van der Waals surface area contributed by atoms with Crippen LogP contribution in [0.15, 0.2) is 35.8 Å². The van der Waals surface area contributed by atoms with E-state index in [9.17, 15) is 8.42 Å². The van der Waals surface area contributed by atoms with Crippen molar-refractivity contribution in [3.8, 4) is 11.3 Å². The Kier molecular flexibility index (Phi) is 7.22. The van der Waals surface area contributed by atoms with E-state index < -0.39 is 9.84 Å². The summed E-state index contributed by atoms with van der Waals surface area (Å²) in [6.45, 7) is 1.09. The van der Waals surface area contributed by atoms with Gasteiger partial charge in [0.25, 0.3) is 0 Å². The van der Waals surface area contributed by atoms with Gasteiger partial charge in [-0.15, -0.1) is 17.0 Å². The second-order valence-electron chi connectivity index (χ2n) is 6.08. The van der Waals surface area contributed by atoms with Crippen molar-refractivity contribution >= 4 is 37.8 Å². The van der Waals surface area contributed by atoms with Crippen molar-refractivity contribution in [1.82, 2.24) is 14.9 Å². The van der Waals surface area contributed by atoms with Gasteiger partial charge in [0.15, 0.2) is 0 Å². The maximum Gasteiger partial charge on any atom is 0.148 e. The van der Waals surface area contributed by atoms with E-state index in [2.05, 4.69) is 9.97 Å². The number of sulfone groups is 1. The van der Waals surface area contributed by atoms with Gasteiger partial charge in [-0.25, -0.2) is 13.4 Å². The van der Waals surface area contributed by atoms with Crippen molar-refractivity contribution in [3.05, 3.63) is 46.6 Å². The Bertz CT molecular complexity index is 1000. The van der Waals surface area contributed by atoms with Gasteiger partial charge >= 0.3 is 0 Å². The molecule has 0 radical (unpaired) electrons. The Morgan fingerprint density at radius 1 is 1.27 bits per heavy atom. The molecule has 3 aromatic rings. The number of fused-ring (bicyclic) bond motifs is 1. The van der Waals surface area contributed by atoms with Crippen LogP contribution in [0.3, 0.4) is 0 Å². The van der Waals surface area contributed by atoms with Crippen molar-refractivity contribution in [3.63, 3.8) is 0 Å². The summed E-state index contributed by atoms with van der Waals surface area (Å²) in [7, 11) is -1.07. The number of rotatable bonds is 6. The monoisotopic (exact) mass is 613 g/mol. The summed E-state index contributed by atoms with van der Waals surface area (Å²) >= 11 is 1.55. The molecule has 0 aliphatic rings. The fourth-order valence-corrected chi connectivity index (χ4v) is 3.98. The third-order valence-corrected chi connectivity index (χ3v) is 5.60. The first kappa shape index (κ1) is 21.3. The van der Waals surface area contributed by atoms with Crippen molar-refractivity contribution in [2.45, 2.75) is 6.54 Å². The fraction of sp³-hybridized carbons (Fsp3) is 0.294. The zero-order chi connectivity index (χ0) is 18.0. The summed E-state index contributed by atoms with van der Waals surface area (Å²) in [4.78, 5) is 10.9. The minimum atomic E-state index is -2.96. The average molecular weight is 614 g/mol. The van der Waals surface area contributed by atoms with Gasteiger partial charge in [-0.2, -0.15) is 0 Å². The topological polar surface area (TPSA) is 87.0 Å². The maximum atomic E-state index is 11.3. The van der Waals surface area contributed by atoms with Crippen LogP contribution in [0.25, 0.3) is 27.9 Å². The standard InChI is InChI=1S/C17H19N4O2S2.U/c1-21(7-8-25(2,22)23)10-17-20-16(11-24-17)12-3-4-15-13(9-12)14(18)5-6-19-15;/h3-6,9,11H,7-8,10H2,1-2H3,(H-,18,19);/q-1;. The van der Waals surface area contributed by atoms with Crippen LogP contribution < -0.4 is 0 Å². The van der Waals surface area contributed by atoms with Crippen LogP contribution in [0.4, 0.5) is 5.69 Å². The van der Waals surface area contributed by atoms with Crippen LogP contribution in [-0.4, -0.2) is 48.9 Å². The van der Waals surface area contributed by atoms with E-state index in [0.717, 1.165) is 27.2 Å². The third kappa shape index (κ3) is 5.51. The molecule has 9 heteroatoms. The zero-order valence-corrected chi connectivity index (χ0v) is 20.4. The Morgan fingerprint density at radius 3 is 2.77 bits per heavy atom. The van der Waals surface area contributed by atoms with Crippen molar-refractivity contribution in [2.24, 2.45) is 0 Å². The molecule has 2 aromatic heterocycles. The molecule has 0 saturated heterocycles. The Labute approximate surface area is 181 Å². The summed E-state index contributed by atoms with van der Waals surface area (Å²) in [5.74, 6) is 0.145. The Balaban J connectivity index is 0.00000243. The molecule has 0 saturated carbocycles. The SMILES string of the molecule is CN(CCS(C)(=O)=O)Cc1nc(-c2ccc3nccc([NH-])c3c2)cs1.[U]. The van der Waals surface area contributed by atoms with Gasteiger partial charge in [-0.3, -0.25) is 9.88 Å². The smallest absolute Gasteiger partial charge is 0.148 e.